The fraction of sp³-hybridized carbons (Fsp3) is 0.647. The Kier molecular flexibility index (Phi) is 8.71. The third-order valence-electron chi connectivity index (χ3n) is 3.28. The lowest BCUT2D eigenvalue weighted by atomic mass is 9.98. The summed E-state index contributed by atoms with van der Waals surface area (Å²) in [6.07, 6.45) is -0.894. The molecule has 1 fully saturated rings. The molecule has 1 rings (SSSR count). The summed E-state index contributed by atoms with van der Waals surface area (Å²) in [5.41, 5.74) is 0. The van der Waals surface area contributed by atoms with Gasteiger partial charge in [-0.25, -0.2) is 0 Å². The van der Waals surface area contributed by atoms with Crippen LogP contribution in [0.15, 0.2) is 0 Å². The van der Waals surface area contributed by atoms with Crippen LogP contribution in [0.3, 0.4) is 0 Å². The minimum absolute atomic E-state index is 0.201. The average Bonchev–Trinajstić information content (AvgIpc) is 2.54. The highest BCUT2D eigenvalue weighted by Gasteiger charge is 2.52. The Hall–Kier alpha value is -2.64. The van der Waals surface area contributed by atoms with E-state index < -0.39 is 54.6 Å². The normalized spacial score (nSPS) is 27.0. The molecule has 0 spiro atoms. The summed E-state index contributed by atoms with van der Waals surface area (Å²) in [4.78, 5) is 45.7. The maximum Gasteiger partial charge on any atom is 0.303 e. The average molecular weight is 386 g/mol. The van der Waals surface area contributed by atoms with Gasteiger partial charge in [0.05, 0.1) is 0 Å². The molecule has 1 saturated heterocycles. The first-order valence-corrected chi connectivity index (χ1v) is 8.01. The second kappa shape index (κ2) is 10.5. The van der Waals surface area contributed by atoms with Crippen LogP contribution in [-0.2, 0) is 47.6 Å². The third-order valence-corrected chi connectivity index (χ3v) is 3.28. The van der Waals surface area contributed by atoms with Crippen LogP contribution in [0.4, 0.5) is 0 Å². The van der Waals surface area contributed by atoms with Crippen molar-refractivity contribution in [2.45, 2.75) is 58.4 Å². The molecular formula is C17H22O10. The number of terminal acetylenes is 1. The zero-order valence-corrected chi connectivity index (χ0v) is 15.5. The molecule has 0 saturated carbocycles. The van der Waals surface area contributed by atoms with E-state index in [-0.39, 0.29) is 13.2 Å². The lowest BCUT2D eigenvalue weighted by molar-refractivity contribution is -0.305. The smallest absolute Gasteiger partial charge is 0.303 e. The van der Waals surface area contributed by atoms with Crippen molar-refractivity contribution in [1.82, 2.24) is 0 Å². The molecule has 150 valence electrons. The number of ether oxygens (including phenoxy) is 6. The largest absolute Gasteiger partial charge is 0.463 e. The van der Waals surface area contributed by atoms with Crippen LogP contribution >= 0.6 is 0 Å². The molecule has 0 amide bonds. The number of hydrogen-bond donors (Lipinski definition) is 0. The van der Waals surface area contributed by atoms with Crippen molar-refractivity contribution in [3.05, 3.63) is 0 Å². The van der Waals surface area contributed by atoms with Gasteiger partial charge in [0.1, 0.15) is 19.3 Å². The van der Waals surface area contributed by atoms with E-state index in [1.807, 2.05) is 0 Å². The lowest BCUT2D eigenvalue weighted by Crippen LogP contribution is -2.62. The summed E-state index contributed by atoms with van der Waals surface area (Å²) in [6, 6.07) is 0. The zero-order valence-electron chi connectivity index (χ0n) is 15.5. The van der Waals surface area contributed by atoms with Crippen molar-refractivity contribution in [3.63, 3.8) is 0 Å². The minimum Gasteiger partial charge on any atom is -0.463 e. The Morgan fingerprint density at radius 3 is 1.85 bits per heavy atom. The van der Waals surface area contributed by atoms with Gasteiger partial charge in [-0.3, -0.25) is 19.2 Å². The van der Waals surface area contributed by atoms with Gasteiger partial charge in [0.15, 0.2) is 24.6 Å². The zero-order chi connectivity index (χ0) is 20.6. The molecule has 10 heteroatoms. The van der Waals surface area contributed by atoms with E-state index in [4.69, 9.17) is 34.8 Å². The Balaban J connectivity index is 3.25. The lowest BCUT2D eigenvalue weighted by Gasteiger charge is -2.43. The number of carbonyl (C=O) groups is 4. The first-order valence-electron chi connectivity index (χ1n) is 8.01. The van der Waals surface area contributed by atoms with E-state index in [2.05, 4.69) is 5.92 Å². The quantitative estimate of drug-likeness (QED) is 0.328. The molecule has 0 aromatic heterocycles. The molecular weight excluding hydrogens is 364 g/mol. The predicted octanol–water partition coefficient (Wildman–Crippen LogP) is -0.281. The molecule has 0 aromatic carbocycles. The number of carbonyl (C=O) groups excluding carboxylic acids is 4. The van der Waals surface area contributed by atoms with E-state index in [0.29, 0.717) is 0 Å². The highest BCUT2D eigenvalue weighted by Crippen LogP contribution is 2.29. The van der Waals surface area contributed by atoms with Gasteiger partial charge in [0.2, 0.25) is 0 Å². The van der Waals surface area contributed by atoms with Crippen LogP contribution in [0, 0.1) is 12.3 Å². The molecule has 0 aliphatic carbocycles. The summed E-state index contributed by atoms with van der Waals surface area (Å²) in [5, 5.41) is 0. The molecule has 0 radical (unpaired) electrons. The molecule has 27 heavy (non-hydrogen) atoms. The van der Waals surface area contributed by atoms with Crippen LogP contribution in [0.2, 0.25) is 0 Å². The fourth-order valence-corrected chi connectivity index (χ4v) is 2.45. The predicted molar refractivity (Wildman–Crippen MR) is 86.7 cm³/mol. The van der Waals surface area contributed by atoms with Crippen molar-refractivity contribution in [3.8, 4) is 12.3 Å². The van der Waals surface area contributed by atoms with Crippen molar-refractivity contribution < 1.29 is 47.6 Å². The summed E-state index contributed by atoms with van der Waals surface area (Å²) in [5.74, 6) is -0.519. The van der Waals surface area contributed by atoms with Crippen LogP contribution in [0.25, 0.3) is 0 Å². The number of rotatable bonds is 7. The maximum absolute atomic E-state index is 11.6. The van der Waals surface area contributed by atoms with Crippen LogP contribution in [0.1, 0.15) is 27.7 Å². The Morgan fingerprint density at radius 1 is 0.852 bits per heavy atom. The Morgan fingerprint density at radius 2 is 1.37 bits per heavy atom. The second-order valence-electron chi connectivity index (χ2n) is 5.58. The molecule has 0 aromatic rings. The minimum atomic E-state index is -1.27. The van der Waals surface area contributed by atoms with Gasteiger partial charge < -0.3 is 28.4 Å². The SMILES string of the molecule is C#CCO[C@@H]1OC(COC(C)=O)[C@@H](OC(C)=O)C(OC(C)=O)[C@@H]1OC(C)=O. The van der Waals surface area contributed by atoms with Gasteiger partial charge in [-0.05, 0) is 0 Å². The van der Waals surface area contributed by atoms with Crippen molar-refractivity contribution in [1.29, 1.82) is 0 Å². The molecule has 0 N–H and O–H groups in total. The topological polar surface area (TPSA) is 124 Å². The summed E-state index contributed by atoms with van der Waals surface area (Å²) < 4.78 is 31.5. The van der Waals surface area contributed by atoms with E-state index in [0.717, 1.165) is 20.8 Å². The van der Waals surface area contributed by atoms with Crippen LogP contribution in [0.5, 0.6) is 0 Å². The first-order chi connectivity index (χ1) is 12.6. The van der Waals surface area contributed by atoms with E-state index in [9.17, 15) is 19.2 Å². The summed E-state index contributed by atoms with van der Waals surface area (Å²) in [7, 11) is 0. The molecule has 1 aliphatic rings. The van der Waals surface area contributed by atoms with Gasteiger partial charge in [0.25, 0.3) is 0 Å². The Labute approximate surface area is 156 Å². The molecule has 10 nitrogen and oxygen atoms in total. The van der Waals surface area contributed by atoms with Crippen LogP contribution < -0.4 is 0 Å². The Bertz CT molecular complexity index is 607. The highest BCUT2D eigenvalue weighted by atomic mass is 16.7. The van der Waals surface area contributed by atoms with E-state index >= 15 is 0 Å². The molecule has 5 atom stereocenters. The van der Waals surface area contributed by atoms with Crippen molar-refractivity contribution in [2.24, 2.45) is 0 Å². The standard InChI is InChI=1S/C17H22O10/c1-6-7-22-17-16(26-12(5)21)15(25-11(4)20)14(24-10(3)19)13(27-17)8-23-9(2)18/h1,13-17H,7-8H2,2-5H3/t13?,14-,15?,16+,17-/m1/s1. The van der Waals surface area contributed by atoms with Crippen molar-refractivity contribution >= 4 is 23.9 Å². The monoisotopic (exact) mass is 386 g/mol. The third kappa shape index (κ3) is 7.24. The maximum atomic E-state index is 11.6. The van der Waals surface area contributed by atoms with Crippen LogP contribution in [-0.4, -0.2) is 67.8 Å². The molecule has 1 aliphatic heterocycles. The number of esters is 4. The van der Waals surface area contributed by atoms with Crippen molar-refractivity contribution in [2.75, 3.05) is 13.2 Å². The van der Waals surface area contributed by atoms with Gasteiger partial charge in [0, 0.05) is 27.7 Å². The summed E-state index contributed by atoms with van der Waals surface area (Å²) in [6.45, 7) is 4.05. The molecule has 0 bridgehead atoms. The molecule has 1 heterocycles. The van der Waals surface area contributed by atoms with E-state index in [1.54, 1.807) is 0 Å². The highest BCUT2D eigenvalue weighted by molar-refractivity contribution is 5.68. The first kappa shape index (κ1) is 22.4. The van der Waals surface area contributed by atoms with Gasteiger partial charge in [-0.1, -0.05) is 5.92 Å². The van der Waals surface area contributed by atoms with Gasteiger partial charge in [-0.2, -0.15) is 0 Å². The number of hydrogen-bond acceptors (Lipinski definition) is 10. The fourth-order valence-electron chi connectivity index (χ4n) is 2.45. The van der Waals surface area contributed by atoms with E-state index in [1.165, 1.54) is 6.92 Å². The second-order valence-corrected chi connectivity index (χ2v) is 5.58. The molecule has 2 unspecified atom stereocenters. The summed E-state index contributed by atoms with van der Waals surface area (Å²) >= 11 is 0. The van der Waals surface area contributed by atoms with Gasteiger partial charge in [-0.15, -0.1) is 6.42 Å². The van der Waals surface area contributed by atoms with Gasteiger partial charge >= 0.3 is 23.9 Å².